The second-order valence-electron chi connectivity index (χ2n) is 3.23. The van der Waals surface area contributed by atoms with Gasteiger partial charge in [-0.15, -0.1) is 6.61 Å². The summed E-state index contributed by atoms with van der Waals surface area (Å²) >= 11 is 0. The Kier molecular flexibility index (Phi) is 19.3. The molecule has 0 aliphatic rings. The molecular weight excluding hydrogens is 167 g/mol. The first kappa shape index (κ1) is 18.4. The van der Waals surface area contributed by atoms with Crippen LogP contribution < -0.4 is 56.5 Å². The zero-order valence-corrected chi connectivity index (χ0v) is 11.6. The predicted molar refractivity (Wildman–Crippen MR) is 41.7 cm³/mol. The predicted octanol–water partition coefficient (Wildman–Crippen LogP) is -2.07. The Morgan fingerprint density at radius 2 is 1.55 bits per heavy atom. The van der Waals surface area contributed by atoms with E-state index in [0.29, 0.717) is 0 Å². The molecule has 0 bridgehead atoms. The monoisotopic (exact) mass is 186 g/mol. The maximum atomic E-state index is 9.53. The van der Waals surface area contributed by atoms with Crippen molar-refractivity contribution in [2.45, 2.75) is 46.1 Å². The molecule has 0 heterocycles. The zero-order valence-electron chi connectivity index (χ0n) is 8.48. The Morgan fingerprint density at radius 3 is 1.55 bits per heavy atom. The van der Waals surface area contributed by atoms with Gasteiger partial charge in [0.05, 0.1) is 5.60 Å². The van der Waals surface area contributed by atoms with E-state index in [4.69, 9.17) is 5.11 Å². The molecular formula is C8H19KO2. The molecule has 0 saturated heterocycles. The van der Waals surface area contributed by atoms with Crippen molar-refractivity contribution in [3.63, 3.8) is 0 Å². The van der Waals surface area contributed by atoms with Crippen LogP contribution >= 0.6 is 0 Å². The first-order chi connectivity index (χ1) is 4.41. The molecule has 0 atom stereocenters. The Hall–Kier alpha value is 1.56. The molecule has 0 aromatic heterocycles. The molecule has 0 aliphatic carbocycles. The standard InChI is InChI=1S/C4H10O.C4H9O.K/c1-4(2,3)5;1-2-3-4-5;/h5H,1-3H3;2-4H2,1H3;/q;-1;+1. The van der Waals surface area contributed by atoms with Gasteiger partial charge in [0, 0.05) is 0 Å². The molecule has 0 radical (unpaired) electrons. The Morgan fingerprint density at radius 1 is 1.27 bits per heavy atom. The molecule has 0 fully saturated rings. The van der Waals surface area contributed by atoms with Gasteiger partial charge >= 0.3 is 51.4 Å². The quantitative estimate of drug-likeness (QED) is 0.504. The summed E-state index contributed by atoms with van der Waals surface area (Å²) in [7, 11) is 0. The average Bonchev–Trinajstić information content (AvgIpc) is 1.63. The fourth-order valence-corrected chi connectivity index (χ4v) is 0.144. The minimum absolute atomic E-state index is 0. The van der Waals surface area contributed by atoms with Crippen molar-refractivity contribution in [3.8, 4) is 0 Å². The summed E-state index contributed by atoms with van der Waals surface area (Å²) in [4.78, 5) is 0. The van der Waals surface area contributed by atoms with E-state index in [1.165, 1.54) is 0 Å². The molecule has 3 heteroatoms. The largest absolute Gasteiger partial charge is 1.00 e. The fourth-order valence-electron chi connectivity index (χ4n) is 0.144. The van der Waals surface area contributed by atoms with Crippen LogP contribution in [0.5, 0.6) is 0 Å². The molecule has 0 unspecified atom stereocenters. The van der Waals surface area contributed by atoms with E-state index in [2.05, 4.69) is 0 Å². The molecule has 0 aromatic carbocycles. The molecule has 0 amide bonds. The van der Waals surface area contributed by atoms with Crippen LogP contribution in [0.3, 0.4) is 0 Å². The Bertz CT molecular complexity index is 51.6. The summed E-state index contributed by atoms with van der Waals surface area (Å²) in [6.45, 7) is 7.33. The average molecular weight is 186 g/mol. The van der Waals surface area contributed by atoms with Gasteiger partial charge in [0.25, 0.3) is 0 Å². The maximum Gasteiger partial charge on any atom is 1.00 e. The molecule has 0 aliphatic heterocycles. The molecule has 1 N–H and O–H groups in total. The second kappa shape index (κ2) is 11.6. The van der Waals surface area contributed by atoms with E-state index in [-0.39, 0.29) is 58.0 Å². The van der Waals surface area contributed by atoms with Crippen molar-refractivity contribution in [2.75, 3.05) is 6.61 Å². The zero-order chi connectivity index (χ0) is 8.62. The van der Waals surface area contributed by atoms with Crippen molar-refractivity contribution >= 4 is 0 Å². The van der Waals surface area contributed by atoms with Crippen LogP contribution in [0.15, 0.2) is 0 Å². The van der Waals surface area contributed by atoms with Crippen LogP contribution in [0.2, 0.25) is 0 Å². The minimum atomic E-state index is -0.500. The molecule has 11 heavy (non-hydrogen) atoms. The molecule has 2 nitrogen and oxygen atoms in total. The van der Waals surface area contributed by atoms with Crippen molar-refractivity contribution in [3.05, 3.63) is 0 Å². The van der Waals surface area contributed by atoms with Crippen molar-refractivity contribution in [1.29, 1.82) is 0 Å². The van der Waals surface area contributed by atoms with Gasteiger partial charge in [-0.25, -0.2) is 0 Å². The fraction of sp³-hybridized carbons (Fsp3) is 1.00. The summed E-state index contributed by atoms with van der Waals surface area (Å²) in [6.07, 6.45) is 1.86. The molecule has 0 rings (SSSR count). The normalized spacial score (nSPS) is 9.27. The minimum Gasteiger partial charge on any atom is -0.854 e. The van der Waals surface area contributed by atoms with Crippen molar-refractivity contribution < 1.29 is 61.6 Å². The van der Waals surface area contributed by atoms with E-state index in [1.54, 1.807) is 20.8 Å². The van der Waals surface area contributed by atoms with Gasteiger partial charge in [0.2, 0.25) is 0 Å². The molecule has 0 spiro atoms. The van der Waals surface area contributed by atoms with Gasteiger partial charge in [-0.3, -0.25) is 0 Å². The van der Waals surface area contributed by atoms with E-state index in [1.807, 2.05) is 6.92 Å². The van der Waals surface area contributed by atoms with Crippen LogP contribution in [0.4, 0.5) is 0 Å². The molecule has 64 valence electrons. The van der Waals surface area contributed by atoms with Gasteiger partial charge in [0.1, 0.15) is 0 Å². The van der Waals surface area contributed by atoms with Gasteiger partial charge in [0.15, 0.2) is 0 Å². The third kappa shape index (κ3) is 83.4. The van der Waals surface area contributed by atoms with Crippen LogP contribution in [-0.4, -0.2) is 17.3 Å². The van der Waals surface area contributed by atoms with Gasteiger partial charge in [-0.1, -0.05) is 19.8 Å². The van der Waals surface area contributed by atoms with Crippen LogP contribution in [0.25, 0.3) is 0 Å². The SMILES string of the molecule is CC(C)(C)O.CCCC[O-].[K+]. The number of aliphatic hydroxyl groups is 1. The van der Waals surface area contributed by atoms with Crippen LogP contribution in [0, 0.1) is 0 Å². The summed E-state index contributed by atoms with van der Waals surface area (Å²) < 4.78 is 0. The van der Waals surface area contributed by atoms with E-state index in [0.717, 1.165) is 12.8 Å². The number of hydrogen-bond acceptors (Lipinski definition) is 2. The van der Waals surface area contributed by atoms with Crippen LogP contribution in [0.1, 0.15) is 40.5 Å². The summed E-state index contributed by atoms with van der Waals surface area (Å²) in [5.41, 5.74) is -0.500. The van der Waals surface area contributed by atoms with Crippen molar-refractivity contribution in [2.24, 2.45) is 0 Å². The summed E-state index contributed by atoms with van der Waals surface area (Å²) in [5, 5.41) is 18.1. The van der Waals surface area contributed by atoms with Gasteiger partial charge in [-0.2, -0.15) is 0 Å². The van der Waals surface area contributed by atoms with Crippen LogP contribution in [-0.2, 0) is 0 Å². The first-order valence-corrected chi connectivity index (χ1v) is 3.72. The Labute approximate surface area is 113 Å². The van der Waals surface area contributed by atoms with E-state index in [9.17, 15) is 5.11 Å². The van der Waals surface area contributed by atoms with E-state index < -0.39 is 5.60 Å². The third-order valence-corrected chi connectivity index (χ3v) is 0.498. The van der Waals surface area contributed by atoms with Gasteiger partial charge in [-0.05, 0) is 20.8 Å². The summed E-state index contributed by atoms with van der Waals surface area (Å²) in [6, 6.07) is 0. The number of rotatable bonds is 2. The topological polar surface area (TPSA) is 43.3 Å². The van der Waals surface area contributed by atoms with Crippen molar-refractivity contribution in [1.82, 2.24) is 0 Å². The van der Waals surface area contributed by atoms with E-state index >= 15 is 0 Å². The molecule has 0 aromatic rings. The Balaban J connectivity index is -0.000000107. The first-order valence-electron chi connectivity index (χ1n) is 3.72. The smallest absolute Gasteiger partial charge is 0.854 e. The molecule has 0 saturated carbocycles. The second-order valence-corrected chi connectivity index (χ2v) is 3.23. The third-order valence-electron chi connectivity index (χ3n) is 0.498. The van der Waals surface area contributed by atoms with Gasteiger partial charge < -0.3 is 10.2 Å². The number of unbranched alkanes of at least 4 members (excludes halogenated alkanes) is 1. The maximum absolute atomic E-state index is 9.53. The summed E-state index contributed by atoms with van der Waals surface area (Å²) in [5.74, 6) is 0. The number of hydrogen-bond donors (Lipinski definition) is 1.